The fourth-order valence-electron chi connectivity index (χ4n) is 4.33. The smallest absolute Gasteiger partial charge is 0.191 e. The lowest BCUT2D eigenvalue weighted by atomic mass is 9.83. The summed E-state index contributed by atoms with van der Waals surface area (Å²) in [5.41, 5.74) is 0.397. The second-order valence-corrected chi connectivity index (χ2v) is 7.72. The Balaban J connectivity index is 0.00000312. The second kappa shape index (κ2) is 12.3. The number of likely N-dealkylation sites (N-methyl/N-ethyl adjacent to an activating group) is 1. The molecular formula is C19H39IN4O. The highest BCUT2D eigenvalue weighted by Gasteiger charge is 2.33. The summed E-state index contributed by atoms with van der Waals surface area (Å²) < 4.78 is 5.32. The van der Waals surface area contributed by atoms with E-state index in [-0.39, 0.29) is 24.0 Å². The third kappa shape index (κ3) is 7.59. The summed E-state index contributed by atoms with van der Waals surface area (Å²) in [5, 5.41) is 7.06. The van der Waals surface area contributed by atoms with Crippen LogP contribution in [0.2, 0.25) is 0 Å². The van der Waals surface area contributed by atoms with E-state index in [0.29, 0.717) is 5.41 Å². The van der Waals surface area contributed by atoms with Gasteiger partial charge in [-0.25, -0.2) is 0 Å². The summed E-state index contributed by atoms with van der Waals surface area (Å²) in [7, 11) is 5.93. The molecule has 0 amide bonds. The maximum absolute atomic E-state index is 5.32. The minimum atomic E-state index is 0. The largest absolute Gasteiger partial charge is 0.385 e. The second-order valence-electron chi connectivity index (χ2n) is 7.72. The van der Waals surface area contributed by atoms with Crippen LogP contribution in [-0.2, 0) is 4.74 Å². The number of hydrogen-bond acceptors (Lipinski definition) is 3. The van der Waals surface area contributed by atoms with Gasteiger partial charge in [0.2, 0.25) is 0 Å². The van der Waals surface area contributed by atoms with Crippen LogP contribution in [0.25, 0.3) is 0 Å². The molecule has 2 aliphatic carbocycles. The average molecular weight is 466 g/mol. The highest BCUT2D eigenvalue weighted by Crippen LogP contribution is 2.40. The van der Waals surface area contributed by atoms with E-state index >= 15 is 0 Å². The molecule has 0 radical (unpaired) electrons. The molecular weight excluding hydrogens is 427 g/mol. The predicted molar refractivity (Wildman–Crippen MR) is 117 cm³/mol. The van der Waals surface area contributed by atoms with Gasteiger partial charge in [-0.15, -0.1) is 24.0 Å². The van der Waals surface area contributed by atoms with Crippen LogP contribution in [-0.4, -0.2) is 64.3 Å². The van der Waals surface area contributed by atoms with Gasteiger partial charge in [0.05, 0.1) is 0 Å². The molecule has 0 bridgehead atoms. The Labute approximate surface area is 171 Å². The minimum Gasteiger partial charge on any atom is -0.385 e. The number of rotatable bonds is 9. The zero-order valence-corrected chi connectivity index (χ0v) is 18.8. The normalized spacial score (nSPS) is 20.7. The standard InChI is InChI=1S/C19H38N4O.HI/c1-20-18(21-13-14-23(2)17-8-4-5-9-17)22-16-19(12-15-24-3)10-6-7-11-19;/h17H,4-16H2,1-3H3,(H2,20,21,22);1H. The third-order valence-electron chi connectivity index (χ3n) is 6.06. The molecule has 2 aliphatic rings. The first-order valence-corrected chi connectivity index (χ1v) is 9.83. The molecule has 0 aromatic rings. The van der Waals surface area contributed by atoms with Crippen molar-refractivity contribution in [2.24, 2.45) is 10.4 Å². The van der Waals surface area contributed by atoms with E-state index in [4.69, 9.17) is 4.74 Å². The molecule has 2 N–H and O–H groups in total. The Kier molecular flexibility index (Phi) is 11.3. The maximum Gasteiger partial charge on any atom is 0.191 e. The summed E-state index contributed by atoms with van der Waals surface area (Å²) in [6.45, 7) is 3.91. The fourth-order valence-corrected chi connectivity index (χ4v) is 4.33. The first-order valence-electron chi connectivity index (χ1n) is 9.83. The zero-order valence-electron chi connectivity index (χ0n) is 16.5. The lowest BCUT2D eigenvalue weighted by Gasteiger charge is -2.30. The number of guanidine groups is 1. The highest BCUT2D eigenvalue weighted by molar-refractivity contribution is 14.0. The number of nitrogens with one attached hydrogen (secondary N) is 2. The van der Waals surface area contributed by atoms with Gasteiger partial charge in [0.25, 0.3) is 0 Å². The molecule has 6 heteroatoms. The molecule has 5 nitrogen and oxygen atoms in total. The molecule has 148 valence electrons. The molecule has 0 aliphatic heterocycles. The fraction of sp³-hybridized carbons (Fsp3) is 0.947. The first-order chi connectivity index (χ1) is 11.7. The minimum absolute atomic E-state index is 0. The zero-order chi connectivity index (χ0) is 17.3. The molecule has 0 atom stereocenters. The van der Waals surface area contributed by atoms with Gasteiger partial charge in [-0.3, -0.25) is 4.99 Å². The molecule has 0 unspecified atom stereocenters. The van der Waals surface area contributed by atoms with Crippen LogP contribution in [0.15, 0.2) is 4.99 Å². The van der Waals surface area contributed by atoms with Gasteiger partial charge in [0.15, 0.2) is 5.96 Å². The van der Waals surface area contributed by atoms with Gasteiger partial charge in [-0.1, -0.05) is 25.7 Å². The number of hydrogen-bond donors (Lipinski definition) is 2. The van der Waals surface area contributed by atoms with Crippen molar-refractivity contribution in [2.45, 2.75) is 63.8 Å². The number of ether oxygens (including phenoxy) is 1. The molecule has 0 aromatic carbocycles. The summed E-state index contributed by atoms with van der Waals surface area (Å²) in [5.74, 6) is 0.943. The van der Waals surface area contributed by atoms with Gasteiger partial charge in [-0.05, 0) is 44.6 Å². The van der Waals surface area contributed by atoms with Crippen LogP contribution >= 0.6 is 24.0 Å². The average Bonchev–Trinajstić information content (AvgIpc) is 3.28. The van der Waals surface area contributed by atoms with Gasteiger partial charge >= 0.3 is 0 Å². The Morgan fingerprint density at radius 2 is 1.84 bits per heavy atom. The van der Waals surface area contributed by atoms with Gasteiger partial charge in [0, 0.05) is 46.4 Å². The molecule has 0 aromatic heterocycles. The quantitative estimate of drug-likeness (QED) is 0.311. The van der Waals surface area contributed by atoms with E-state index in [0.717, 1.165) is 44.7 Å². The van der Waals surface area contributed by atoms with E-state index in [1.54, 1.807) is 7.11 Å². The SMILES string of the molecule is CN=C(NCCN(C)C1CCCC1)NCC1(CCOC)CCCC1.I. The topological polar surface area (TPSA) is 48.9 Å². The molecule has 2 fully saturated rings. The van der Waals surface area contributed by atoms with E-state index in [1.807, 2.05) is 7.05 Å². The van der Waals surface area contributed by atoms with Crippen LogP contribution in [0.1, 0.15) is 57.8 Å². The number of nitrogens with zero attached hydrogens (tertiary/aromatic N) is 2. The summed E-state index contributed by atoms with van der Waals surface area (Å²) in [6.07, 6.45) is 12.0. The van der Waals surface area contributed by atoms with Crippen molar-refractivity contribution >= 4 is 29.9 Å². The van der Waals surface area contributed by atoms with Crippen LogP contribution in [0.3, 0.4) is 0 Å². The van der Waals surface area contributed by atoms with Gasteiger partial charge in [0.1, 0.15) is 0 Å². The van der Waals surface area contributed by atoms with Crippen molar-refractivity contribution in [3.05, 3.63) is 0 Å². The Morgan fingerprint density at radius 3 is 2.44 bits per heavy atom. The molecule has 0 spiro atoms. The lowest BCUT2D eigenvalue weighted by Crippen LogP contribution is -2.45. The van der Waals surface area contributed by atoms with Crippen molar-refractivity contribution in [3.63, 3.8) is 0 Å². The third-order valence-corrected chi connectivity index (χ3v) is 6.06. The Hall–Kier alpha value is -0.0800. The van der Waals surface area contributed by atoms with Gasteiger partial charge < -0.3 is 20.3 Å². The molecule has 0 heterocycles. The summed E-state index contributed by atoms with van der Waals surface area (Å²) >= 11 is 0. The van der Waals surface area contributed by atoms with Crippen LogP contribution in [0.4, 0.5) is 0 Å². The maximum atomic E-state index is 5.32. The number of methoxy groups -OCH3 is 1. The van der Waals surface area contributed by atoms with Crippen molar-refractivity contribution in [3.8, 4) is 0 Å². The van der Waals surface area contributed by atoms with E-state index in [9.17, 15) is 0 Å². The highest BCUT2D eigenvalue weighted by atomic mass is 127. The molecule has 2 rings (SSSR count). The Morgan fingerprint density at radius 1 is 1.16 bits per heavy atom. The van der Waals surface area contributed by atoms with E-state index in [2.05, 4.69) is 27.6 Å². The number of aliphatic imine (C=N–C) groups is 1. The molecule has 2 saturated carbocycles. The molecule has 0 saturated heterocycles. The number of halogens is 1. The van der Waals surface area contributed by atoms with Crippen molar-refractivity contribution in [1.82, 2.24) is 15.5 Å². The van der Waals surface area contributed by atoms with Crippen LogP contribution in [0, 0.1) is 5.41 Å². The summed E-state index contributed by atoms with van der Waals surface area (Å²) in [6, 6.07) is 0.789. The van der Waals surface area contributed by atoms with Gasteiger partial charge in [-0.2, -0.15) is 0 Å². The van der Waals surface area contributed by atoms with Crippen LogP contribution in [0.5, 0.6) is 0 Å². The predicted octanol–water partition coefficient (Wildman–Crippen LogP) is 3.24. The van der Waals surface area contributed by atoms with E-state index < -0.39 is 0 Å². The Bertz CT molecular complexity index is 380. The molecule has 25 heavy (non-hydrogen) atoms. The van der Waals surface area contributed by atoms with E-state index in [1.165, 1.54) is 51.4 Å². The van der Waals surface area contributed by atoms with Crippen molar-refractivity contribution in [2.75, 3.05) is 47.4 Å². The van der Waals surface area contributed by atoms with Crippen LogP contribution < -0.4 is 10.6 Å². The first kappa shape index (κ1) is 23.0. The van der Waals surface area contributed by atoms with Crippen molar-refractivity contribution < 1.29 is 4.74 Å². The lowest BCUT2D eigenvalue weighted by molar-refractivity contribution is 0.138. The summed E-state index contributed by atoms with van der Waals surface area (Å²) in [4.78, 5) is 6.90. The monoisotopic (exact) mass is 466 g/mol. The van der Waals surface area contributed by atoms with Crippen molar-refractivity contribution in [1.29, 1.82) is 0 Å².